The minimum Gasteiger partial charge on any atom is -0.333 e. The van der Waals surface area contributed by atoms with Crippen LogP contribution in [0.2, 0.25) is 0 Å². The molecule has 0 aliphatic heterocycles. The molecular formula is C22H16F5N5. The predicted octanol–water partition coefficient (Wildman–Crippen LogP) is 5.55. The summed E-state index contributed by atoms with van der Waals surface area (Å²) in [4.78, 5) is 18.2. The molecule has 5 nitrogen and oxygen atoms in total. The van der Waals surface area contributed by atoms with E-state index in [2.05, 4.69) is 24.9 Å². The van der Waals surface area contributed by atoms with E-state index in [-0.39, 0.29) is 22.8 Å². The zero-order chi connectivity index (χ0) is 23.1. The van der Waals surface area contributed by atoms with Gasteiger partial charge in [-0.3, -0.25) is 4.98 Å². The second kappa shape index (κ2) is 7.77. The van der Waals surface area contributed by atoms with E-state index in [1.165, 1.54) is 6.07 Å². The Bertz CT molecular complexity index is 1280. The van der Waals surface area contributed by atoms with Crippen molar-refractivity contribution in [3.63, 3.8) is 0 Å². The van der Waals surface area contributed by atoms with Crippen LogP contribution in [0.4, 0.5) is 22.0 Å². The van der Waals surface area contributed by atoms with Gasteiger partial charge in [0.15, 0.2) is 5.82 Å². The summed E-state index contributed by atoms with van der Waals surface area (Å²) >= 11 is 0. The van der Waals surface area contributed by atoms with Gasteiger partial charge in [0.2, 0.25) is 11.9 Å². The van der Waals surface area contributed by atoms with E-state index in [1.54, 1.807) is 36.4 Å². The number of halogens is 5. The third-order valence-corrected chi connectivity index (χ3v) is 4.99. The maximum atomic E-state index is 14.1. The van der Waals surface area contributed by atoms with E-state index in [9.17, 15) is 22.0 Å². The molecule has 0 saturated heterocycles. The second-order valence-electron chi connectivity index (χ2n) is 7.56. The Morgan fingerprint density at radius 3 is 2.00 bits per heavy atom. The van der Waals surface area contributed by atoms with Gasteiger partial charge in [0, 0.05) is 5.41 Å². The van der Waals surface area contributed by atoms with Crippen molar-refractivity contribution in [3.8, 4) is 22.8 Å². The third kappa shape index (κ3) is 4.08. The molecule has 0 spiro atoms. The smallest absolute Gasteiger partial charge is 0.333 e. The van der Waals surface area contributed by atoms with E-state index in [1.807, 2.05) is 13.8 Å². The van der Waals surface area contributed by atoms with Crippen LogP contribution in [0, 0.1) is 11.9 Å². The first-order valence-electron chi connectivity index (χ1n) is 9.46. The Morgan fingerprint density at radius 1 is 0.781 bits per heavy atom. The van der Waals surface area contributed by atoms with Gasteiger partial charge in [0.05, 0.1) is 28.8 Å². The maximum Gasteiger partial charge on any atom is 0.432 e. The fourth-order valence-corrected chi connectivity index (χ4v) is 3.18. The minimum absolute atomic E-state index is 0.0175. The summed E-state index contributed by atoms with van der Waals surface area (Å²) in [5, 5.41) is 0. The molecule has 4 aromatic heterocycles. The van der Waals surface area contributed by atoms with Gasteiger partial charge >= 0.3 is 6.18 Å². The SMILES string of the molecule is CC(C)(c1cccc(-c2ncc(C(F)(F)F)[nH]2)n1)c1cccc(-c2ccc(F)nc2F)n1. The summed E-state index contributed by atoms with van der Waals surface area (Å²) in [6.07, 6.45) is -3.83. The van der Waals surface area contributed by atoms with Crippen LogP contribution in [0.1, 0.15) is 30.9 Å². The van der Waals surface area contributed by atoms with Crippen molar-refractivity contribution in [3.05, 3.63) is 83.7 Å². The average Bonchev–Trinajstić information content (AvgIpc) is 3.25. The molecule has 10 heteroatoms. The molecule has 0 aliphatic rings. The number of H-pyrrole nitrogens is 1. The first-order valence-corrected chi connectivity index (χ1v) is 9.46. The first-order chi connectivity index (χ1) is 15.1. The predicted molar refractivity (Wildman–Crippen MR) is 106 cm³/mol. The number of alkyl halides is 3. The Balaban J connectivity index is 1.71. The van der Waals surface area contributed by atoms with E-state index in [4.69, 9.17) is 0 Å². The summed E-state index contributed by atoms with van der Waals surface area (Å²) in [6.45, 7) is 3.65. The standard InChI is InChI=1S/C22H16F5N5/c1-21(2,15-7-3-5-13(29-15)12-9-10-18(23)32-19(12)24)16-8-4-6-14(30-16)20-28-11-17(31-20)22(25,26)27/h3-11H,1-2H3,(H,28,31). The van der Waals surface area contributed by atoms with Gasteiger partial charge in [-0.05, 0) is 50.2 Å². The van der Waals surface area contributed by atoms with Crippen LogP contribution in [-0.4, -0.2) is 24.9 Å². The van der Waals surface area contributed by atoms with Gasteiger partial charge in [-0.1, -0.05) is 12.1 Å². The Kier molecular flexibility index (Phi) is 5.23. The minimum atomic E-state index is -4.54. The number of nitrogens with zero attached hydrogens (tertiary/aromatic N) is 4. The highest BCUT2D eigenvalue weighted by molar-refractivity contribution is 5.59. The largest absolute Gasteiger partial charge is 0.432 e. The van der Waals surface area contributed by atoms with Gasteiger partial charge in [0.25, 0.3) is 0 Å². The normalized spacial score (nSPS) is 12.2. The van der Waals surface area contributed by atoms with Gasteiger partial charge in [-0.2, -0.15) is 26.9 Å². The van der Waals surface area contributed by atoms with Crippen LogP contribution < -0.4 is 0 Å². The molecule has 0 fully saturated rings. The Hall–Kier alpha value is -3.69. The summed E-state index contributed by atoms with van der Waals surface area (Å²) in [5.41, 5.74) is -0.186. The van der Waals surface area contributed by atoms with Crippen LogP contribution in [-0.2, 0) is 11.6 Å². The molecule has 0 radical (unpaired) electrons. The van der Waals surface area contributed by atoms with Crippen molar-refractivity contribution < 1.29 is 22.0 Å². The number of aromatic amines is 1. The number of hydrogen-bond acceptors (Lipinski definition) is 4. The summed E-state index contributed by atoms with van der Waals surface area (Å²) in [6, 6.07) is 12.2. The zero-order valence-corrected chi connectivity index (χ0v) is 16.9. The Labute approximate surface area is 179 Å². The third-order valence-electron chi connectivity index (χ3n) is 4.99. The van der Waals surface area contributed by atoms with Crippen molar-refractivity contribution in [1.82, 2.24) is 24.9 Å². The van der Waals surface area contributed by atoms with E-state index >= 15 is 0 Å². The lowest BCUT2D eigenvalue weighted by molar-refractivity contribution is -0.140. The van der Waals surface area contributed by atoms with Crippen molar-refractivity contribution in [2.45, 2.75) is 25.4 Å². The number of rotatable bonds is 4. The maximum absolute atomic E-state index is 14.1. The molecule has 0 aliphatic carbocycles. The fraction of sp³-hybridized carbons (Fsp3) is 0.182. The second-order valence-corrected chi connectivity index (χ2v) is 7.56. The molecule has 0 unspecified atom stereocenters. The first kappa shape index (κ1) is 21.5. The Morgan fingerprint density at radius 2 is 1.41 bits per heavy atom. The lowest BCUT2D eigenvalue weighted by atomic mass is 9.84. The van der Waals surface area contributed by atoms with Gasteiger partial charge < -0.3 is 4.98 Å². The van der Waals surface area contributed by atoms with Gasteiger partial charge in [0.1, 0.15) is 11.4 Å². The molecule has 0 atom stereocenters. The molecule has 4 aromatic rings. The van der Waals surface area contributed by atoms with Crippen LogP contribution >= 0.6 is 0 Å². The van der Waals surface area contributed by atoms with Crippen molar-refractivity contribution in [1.29, 1.82) is 0 Å². The van der Waals surface area contributed by atoms with E-state index < -0.39 is 29.2 Å². The molecule has 0 amide bonds. The molecule has 0 aromatic carbocycles. The van der Waals surface area contributed by atoms with E-state index in [0.717, 1.165) is 6.07 Å². The molecular weight excluding hydrogens is 429 g/mol. The molecule has 0 bridgehead atoms. The fourth-order valence-electron chi connectivity index (χ4n) is 3.18. The van der Waals surface area contributed by atoms with Crippen molar-refractivity contribution >= 4 is 0 Å². The van der Waals surface area contributed by atoms with Gasteiger partial charge in [-0.25, -0.2) is 9.97 Å². The van der Waals surface area contributed by atoms with Crippen LogP contribution in [0.3, 0.4) is 0 Å². The van der Waals surface area contributed by atoms with E-state index in [0.29, 0.717) is 17.6 Å². The zero-order valence-electron chi connectivity index (χ0n) is 16.9. The van der Waals surface area contributed by atoms with Crippen molar-refractivity contribution in [2.24, 2.45) is 0 Å². The van der Waals surface area contributed by atoms with Crippen LogP contribution in [0.25, 0.3) is 22.8 Å². The lowest BCUT2D eigenvalue weighted by Gasteiger charge is -2.24. The summed E-state index contributed by atoms with van der Waals surface area (Å²) < 4.78 is 65.9. The number of hydrogen-bond donors (Lipinski definition) is 1. The topological polar surface area (TPSA) is 67.3 Å². The summed E-state index contributed by atoms with van der Waals surface area (Å²) in [5.74, 6) is -1.93. The molecule has 4 heterocycles. The van der Waals surface area contributed by atoms with Crippen molar-refractivity contribution in [2.75, 3.05) is 0 Å². The van der Waals surface area contributed by atoms with Crippen LogP contribution in [0.5, 0.6) is 0 Å². The number of nitrogens with one attached hydrogen (secondary N) is 1. The molecule has 32 heavy (non-hydrogen) atoms. The molecule has 4 rings (SSSR count). The molecule has 0 saturated carbocycles. The number of aromatic nitrogens is 5. The molecule has 164 valence electrons. The van der Waals surface area contributed by atoms with Crippen LogP contribution in [0.15, 0.2) is 54.7 Å². The highest BCUT2D eigenvalue weighted by atomic mass is 19.4. The average molecular weight is 445 g/mol. The molecule has 1 N–H and O–H groups in total. The van der Waals surface area contributed by atoms with Gasteiger partial charge in [-0.15, -0.1) is 0 Å². The number of pyridine rings is 3. The highest BCUT2D eigenvalue weighted by Crippen LogP contribution is 2.33. The number of imidazole rings is 1. The monoisotopic (exact) mass is 445 g/mol. The highest BCUT2D eigenvalue weighted by Gasteiger charge is 2.33. The summed E-state index contributed by atoms with van der Waals surface area (Å²) in [7, 11) is 0. The quantitative estimate of drug-likeness (QED) is 0.330. The lowest BCUT2D eigenvalue weighted by Crippen LogP contribution is -2.22.